The first kappa shape index (κ1) is 28.1. The van der Waals surface area contributed by atoms with Gasteiger partial charge >= 0.3 is 0 Å². The second-order valence-electron chi connectivity index (χ2n) is 10.5. The number of benzene rings is 6. The fourth-order valence-electron chi connectivity index (χ4n) is 6.46. The smallest absolute Gasteiger partial charge is 0.0990 e. The molecule has 6 aromatic carbocycles. The maximum absolute atomic E-state index is 4.61. The first-order valence-corrected chi connectivity index (χ1v) is 18.4. The number of hydrogen-bond acceptors (Lipinski definition) is 0. The van der Waals surface area contributed by atoms with Crippen LogP contribution >= 0.6 is 14.5 Å². The summed E-state index contributed by atoms with van der Waals surface area (Å²) in [6.07, 6.45) is 3.26. The summed E-state index contributed by atoms with van der Waals surface area (Å²) in [5, 5.41) is 8.38. The van der Waals surface area contributed by atoms with Gasteiger partial charge in [0.15, 0.2) is 0 Å². The highest BCUT2D eigenvalue weighted by atomic mass is 31.2. The highest BCUT2D eigenvalue weighted by Gasteiger charge is 2.58. The fraction of sp³-hybridized carbons (Fsp3) is 0.0500. The molecule has 0 bridgehead atoms. The molecule has 0 aliphatic carbocycles. The minimum absolute atomic E-state index is 0.179. The Hall–Kier alpha value is -4.08. The van der Waals surface area contributed by atoms with Crippen LogP contribution in [0.25, 0.3) is 0 Å². The van der Waals surface area contributed by atoms with Crippen LogP contribution in [0, 0.1) is 0 Å². The predicted molar refractivity (Wildman–Crippen MR) is 189 cm³/mol. The van der Waals surface area contributed by atoms with Crippen LogP contribution in [0.4, 0.5) is 0 Å². The van der Waals surface area contributed by atoms with E-state index in [1.54, 1.807) is 0 Å². The lowest BCUT2D eigenvalue weighted by atomic mass is 10.3. The summed E-state index contributed by atoms with van der Waals surface area (Å²) in [6.45, 7) is 4.61. The molecule has 0 fully saturated rings. The second kappa shape index (κ2) is 12.8. The van der Waals surface area contributed by atoms with Gasteiger partial charge in [-0.1, -0.05) is 116 Å². The first-order chi connectivity index (χ1) is 20.8. The van der Waals surface area contributed by atoms with Crippen molar-refractivity contribution in [3.8, 4) is 0 Å². The van der Waals surface area contributed by atoms with Gasteiger partial charge in [0.1, 0.15) is 58.2 Å². The van der Waals surface area contributed by atoms with Crippen molar-refractivity contribution in [2.45, 2.75) is 5.66 Å². The Kier molecular flexibility index (Phi) is 8.58. The van der Waals surface area contributed by atoms with Crippen LogP contribution in [0.2, 0.25) is 0 Å². The van der Waals surface area contributed by atoms with Crippen molar-refractivity contribution >= 4 is 46.4 Å². The molecule has 1 unspecified atom stereocenters. The standard InChI is InChI=1S/C40H36P2/c1-2-34(42(38-27-15-6-16-28-38,39-29-17-7-18-30-39)40-31-19-8-20-32-40)33-41(35-21-9-3-10-22-35,36-23-11-4-12-24-36)37-25-13-5-14-26-37/h2-32,34H,1,33H2/q+2. The largest absolute Gasteiger partial charge is 0.136 e. The lowest BCUT2D eigenvalue weighted by Crippen LogP contribution is -2.43. The molecule has 0 radical (unpaired) electrons. The summed E-state index contributed by atoms with van der Waals surface area (Å²) in [4.78, 5) is 0. The predicted octanol–water partition coefficient (Wildman–Crippen LogP) is 7.53. The van der Waals surface area contributed by atoms with Crippen molar-refractivity contribution in [1.29, 1.82) is 0 Å². The van der Waals surface area contributed by atoms with Gasteiger partial charge in [-0.25, -0.2) is 0 Å². The van der Waals surface area contributed by atoms with Gasteiger partial charge in [-0.15, -0.1) is 0 Å². The van der Waals surface area contributed by atoms with Gasteiger partial charge in [0.25, 0.3) is 0 Å². The molecule has 6 aromatic rings. The van der Waals surface area contributed by atoms with E-state index in [-0.39, 0.29) is 5.66 Å². The number of hydrogen-bond donors (Lipinski definition) is 0. The van der Waals surface area contributed by atoms with Crippen molar-refractivity contribution in [3.63, 3.8) is 0 Å². The summed E-state index contributed by atoms with van der Waals surface area (Å²) < 4.78 is 0. The van der Waals surface area contributed by atoms with Gasteiger partial charge in [-0.05, 0) is 78.9 Å². The Balaban J connectivity index is 1.70. The Labute approximate surface area is 252 Å². The summed E-state index contributed by atoms with van der Waals surface area (Å²) in [5.41, 5.74) is 0.179. The molecule has 0 nitrogen and oxygen atoms in total. The molecule has 204 valence electrons. The highest BCUT2D eigenvalue weighted by Crippen LogP contribution is 2.66. The van der Waals surface area contributed by atoms with Gasteiger partial charge in [0, 0.05) is 0 Å². The summed E-state index contributed by atoms with van der Waals surface area (Å²) in [6, 6.07) is 67.4. The maximum atomic E-state index is 4.61. The quantitative estimate of drug-likeness (QED) is 0.116. The molecule has 0 saturated heterocycles. The van der Waals surface area contributed by atoms with Crippen molar-refractivity contribution < 1.29 is 0 Å². The van der Waals surface area contributed by atoms with E-state index in [4.69, 9.17) is 0 Å². The Morgan fingerprint density at radius 2 is 0.619 bits per heavy atom. The van der Waals surface area contributed by atoms with E-state index in [0.29, 0.717) is 0 Å². The SMILES string of the molecule is C=CC(C[P+](c1ccccc1)(c1ccccc1)c1ccccc1)[P+](c1ccccc1)(c1ccccc1)c1ccccc1. The molecule has 0 amide bonds. The molecular weight excluding hydrogens is 542 g/mol. The van der Waals surface area contributed by atoms with Crippen molar-refractivity contribution in [2.24, 2.45) is 0 Å². The van der Waals surface area contributed by atoms with Gasteiger partial charge in [0.05, 0.1) is 0 Å². The molecule has 0 saturated carbocycles. The van der Waals surface area contributed by atoms with Gasteiger partial charge in [-0.2, -0.15) is 0 Å². The molecule has 0 aromatic heterocycles. The van der Waals surface area contributed by atoms with Gasteiger partial charge in [0.2, 0.25) is 0 Å². The lowest BCUT2D eigenvalue weighted by molar-refractivity contribution is 1.23. The topological polar surface area (TPSA) is 0 Å². The zero-order valence-corrected chi connectivity index (χ0v) is 25.6. The normalized spacial score (nSPS) is 12.4. The van der Waals surface area contributed by atoms with Crippen molar-refractivity contribution in [2.75, 3.05) is 6.16 Å². The van der Waals surface area contributed by atoms with E-state index >= 15 is 0 Å². The zero-order valence-electron chi connectivity index (χ0n) is 23.8. The third-order valence-corrected chi connectivity index (χ3v) is 17.8. The van der Waals surface area contributed by atoms with Crippen LogP contribution in [0.15, 0.2) is 195 Å². The van der Waals surface area contributed by atoms with E-state index in [2.05, 4.69) is 195 Å². The van der Waals surface area contributed by atoms with Gasteiger partial charge < -0.3 is 0 Å². The third-order valence-electron chi connectivity index (χ3n) is 8.31. The van der Waals surface area contributed by atoms with Crippen LogP contribution < -0.4 is 31.8 Å². The fourth-order valence-corrected chi connectivity index (χ4v) is 16.7. The molecule has 0 aliphatic heterocycles. The summed E-state index contributed by atoms with van der Waals surface area (Å²) in [5.74, 6) is 0. The van der Waals surface area contributed by atoms with E-state index in [9.17, 15) is 0 Å². The minimum Gasteiger partial charge on any atom is -0.0990 e. The van der Waals surface area contributed by atoms with E-state index in [0.717, 1.165) is 6.16 Å². The highest BCUT2D eigenvalue weighted by molar-refractivity contribution is 7.99. The van der Waals surface area contributed by atoms with Crippen LogP contribution in [-0.4, -0.2) is 11.8 Å². The molecule has 0 N–H and O–H groups in total. The molecule has 1 atom stereocenters. The molecule has 0 aliphatic rings. The maximum Gasteiger partial charge on any atom is 0.136 e. The molecule has 2 heteroatoms. The second-order valence-corrected chi connectivity index (χ2v) is 17.7. The summed E-state index contributed by atoms with van der Waals surface area (Å²) in [7, 11) is -4.34. The van der Waals surface area contributed by atoms with Crippen LogP contribution in [0.5, 0.6) is 0 Å². The number of rotatable bonds is 10. The monoisotopic (exact) mass is 578 g/mol. The Morgan fingerprint density at radius 1 is 0.381 bits per heavy atom. The lowest BCUT2D eigenvalue weighted by Gasteiger charge is -2.37. The van der Waals surface area contributed by atoms with E-state index in [1.165, 1.54) is 31.8 Å². The van der Waals surface area contributed by atoms with Crippen molar-refractivity contribution in [3.05, 3.63) is 195 Å². The van der Waals surface area contributed by atoms with E-state index in [1.807, 2.05) is 0 Å². The summed E-state index contributed by atoms with van der Waals surface area (Å²) >= 11 is 0. The Morgan fingerprint density at radius 3 is 0.857 bits per heavy atom. The molecule has 6 rings (SSSR count). The third kappa shape index (κ3) is 5.07. The molecule has 0 heterocycles. The van der Waals surface area contributed by atoms with Crippen LogP contribution in [-0.2, 0) is 0 Å². The van der Waals surface area contributed by atoms with E-state index < -0.39 is 14.5 Å². The van der Waals surface area contributed by atoms with Crippen molar-refractivity contribution in [1.82, 2.24) is 0 Å². The number of allylic oxidation sites excluding steroid dienone is 1. The average molecular weight is 579 g/mol. The zero-order chi connectivity index (χ0) is 28.7. The molecule has 42 heavy (non-hydrogen) atoms. The first-order valence-electron chi connectivity index (χ1n) is 14.5. The molecule has 0 spiro atoms. The average Bonchev–Trinajstić information content (AvgIpc) is 3.09. The molecular formula is C40H36P2+2. The Bertz CT molecular complexity index is 1490. The van der Waals surface area contributed by atoms with Crippen LogP contribution in [0.1, 0.15) is 0 Å². The minimum atomic E-state index is -2.21. The van der Waals surface area contributed by atoms with Crippen LogP contribution in [0.3, 0.4) is 0 Å². The van der Waals surface area contributed by atoms with Gasteiger partial charge in [-0.3, -0.25) is 0 Å².